The monoisotopic (exact) mass is 262 g/mol. The number of rotatable bonds is 3. The topological polar surface area (TPSA) is 47.1 Å². The Hall–Kier alpha value is -0.870. The van der Waals surface area contributed by atoms with Gasteiger partial charge in [0.15, 0.2) is 0 Å². The molecular weight excluding hydrogens is 236 g/mol. The first-order chi connectivity index (χ1) is 9.26. The standard InChI is InChI=1S/C15H26N4/c1-2-18-8-5-12(6-9-18)10-13-11-19-7-3-4-14(16)15(19)17-13/h11-12,14H,2-10,16H2,1H3. The summed E-state index contributed by atoms with van der Waals surface area (Å²) in [6.07, 6.45) is 8.32. The minimum Gasteiger partial charge on any atom is -0.333 e. The molecule has 1 atom stereocenters. The summed E-state index contributed by atoms with van der Waals surface area (Å²) in [5, 5.41) is 0. The minimum absolute atomic E-state index is 0.157. The van der Waals surface area contributed by atoms with Crippen LogP contribution < -0.4 is 5.73 Å². The Labute approximate surface area is 116 Å². The molecule has 4 nitrogen and oxygen atoms in total. The van der Waals surface area contributed by atoms with Gasteiger partial charge in [-0.1, -0.05) is 6.92 Å². The van der Waals surface area contributed by atoms with E-state index in [0.29, 0.717) is 0 Å². The van der Waals surface area contributed by atoms with E-state index in [0.717, 1.165) is 31.1 Å². The second-order valence-electron chi connectivity index (χ2n) is 6.11. The van der Waals surface area contributed by atoms with Gasteiger partial charge in [0.1, 0.15) is 5.82 Å². The van der Waals surface area contributed by atoms with Gasteiger partial charge in [0, 0.05) is 12.7 Å². The third-order valence-electron chi connectivity index (χ3n) is 4.76. The molecule has 4 heteroatoms. The van der Waals surface area contributed by atoms with Crippen LogP contribution in [-0.4, -0.2) is 34.1 Å². The predicted octanol–water partition coefficient (Wildman–Crippen LogP) is 1.95. The summed E-state index contributed by atoms with van der Waals surface area (Å²) in [5.74, 6) is 1.93. The maximum Gasteiger partial charge on any atom is 0.125 e. The lowest BCUT2D eigenvalue weighted by Gasteiger charge is -2.30. The van der Waals surface area contributed by atoms with Crippen LogP contribution in [0.1, 0.15) is 50.2 Å². The van der Waals surface area contributed by atoms with Crippen LogP contribution >= 0.6 is 0 Å². The molecule has 2 N–H and O–H groups in total. The number of hydrogen-bond acceptors (Lipinski definition) is 3. The van der Waals surface area contributed by atoms with Gasteiger partial charge in [-0.25, -0.2) is 4.98 Å². The molecule has 0 amide bonds. The maximum absolute atomic E-state index is 6.14. The summed E-state index contributed by atoms with van der Waals surface area (Å²) in [5.41, 5.74) is 7.41. The van der Waals surface area contributed by atoms with Gasteiger partial charge in [-0.2, -0.15) is 0 Å². The molecule has 0 bridgehead atoms. The van der Waals surface area contributed by atoms with Gasteiger partial charge in [0.25, 0.3) is 0 Å². The van der Waals surface area contributed by atoms with E-state index >= 15 is 0 Å². The highest BCUT2D eigenvalue weighted by Gasteiger charge is 2.23. The Morgan fingerprint density at radius 1 is 1.26 bits per heavy atom. The largest absolute Gasteiger partial charge is 0.333 e. The van der Waals surface area contributed by atoms with Gasteiger partial charge in [-0.15, -0.1) is 0 Å². The van der Waals surface area contributed by atoms with E-state index in [9.17, 15) is 0 Å². The number of imidazole rings is 1. The molecule has 3 heterocycles. The molecule has 106 valence electrons. The fraction of sp³-hybridized carbons (Fsp3) is 0.800. The smallest absolute Gasteiger partial charge is 0.125 e. The summed E-state index contributed by atoms with van der Waals surface area (Å²) in [6, 6.07) is 0.157. The first kappa shape index (κ1) is 13.1. The normalized spacial score (nSPS) is 25.5. The van der Waals surface area contributed by atoms with Crippen LogP contribution in [0.15, 0.2) is 6.20 Å². The lowest BCUT2D eigenvalue weighted by atomic mass is 9.92. The van der Waals surface area contributed by atoms with Crippen LogP contribution in [0.3, 0.4) is 0 Å². The van der Waals surface area contributed by atoms with Gasteiger partial charge in [-0.05, 0) is 57.7 Å². The highest BCUT2D eigenvalue weighted by atomic mass is 15.1. The van der Waals surface area contributed by atoms with Crippen molar-refractivity contribution < 1.29 is 0 Å². The molecule has 1 unspecified atom stereocenters. The molecule has 2 aliphatic rings. The van der Waals surface area contributed by atoms with Crippen molar-refractivity contribution in [3.8, 4) is 0 Å². The number of hydrogen-bond donors (Lipinski definition) is 1. The van der Waals surface area contributed by atoms with E-state index < -0.39 is 0 Å². The zero-order valence-electron chi connectivity index (χ0n) is 12.0. The molecule has 0 radical (unpaired) electrons. The Kier molecular flexibility index (Phi) is 3.89. The summed E-state index contributed by atoms with van der Waals surface area (Å²) >= 11 is 0. The Morgan fingerprint density at radius 2 is 2.05 bits per heavy atom. The molecule has 0 spiro atoms. The zero-order chi connectivity index (χ0) is 13.2. The first-order valence-corrected chi connectivity index (χ1v) is 7.80. The number of nitrogens with two attached hydrogens (primary N) is 1. The van der Waals surface area contributed by atoms with Crippen LogP contribution in [0.2, 0.25) is 0 Å². The molecule has 19 heavy (non-hydrogen) atoms. The fourth-order valence-electron chi connectivity index (χ4n) is 3.47. The van der Waals surface area contributed by atoms with Gasteiger partial charge in [0.2, 0.25) is 0 Å². The molecular formula is C15H26N4. The minimum atomic E-state index is 0.157. The van der Waals surface area contributed by atoms with Crippen molar-refractivity contribution in [2.24, 2.45) is 11.7 Å². The highest BCUT2D eigenvalue weighted by molar-refractivity contribution is 5.10. The Balaban J connectivity index is 1.61. The number of fused-ring (bicyclic) bond motifs is 1. The molecule has 1 saturated heterocycles. The van der Waals surface area contributed by atoms with Crippen LogP contribution in [-0.2, 0) is 13.0 Å². The van der Waals surface area contributed by atoms with Crippen LogP contribution in [0, 0.1) is 5.92 Å². The van der Waals surface area contributed by atoms with Crippen molar-refractivity contribution in [1.82, 2.24) is 14.5 Å². The van der Waals surface area contributed by atoms with Gasteiger partial charge >= 0.3 is 0 Å². The number of nitrogens with zero attached hydrogens (tertiary/aromatic N) is 3. The summed E-state index contributed by atoms with van der Waals surface area (Å²) in [7, 11) is 0. The predicted molar refractivity (Wildman–Crippen MR) is 76.9 cm³/mol. The van der Waals surface area contributed by atoms with Crippen molar-refractivity contribution in [1.29, 1.82) is 0 Å². The first-order valence-electron chi connectivity index (χ1n) is 7.80. The Morgan fingerprint density at radius 3 is 2.74 bits per heavy atom. The van der Waals surface area contributed by atoms with Crippen molar-refractivity contribution in [2.75, 3.05) is 19.6 Å². The van der Waals surface area contributed by atoms with Crippen LogP contribution in [0.5, 0.6) is 0 Å². The van der Waals surface area contributed by atoms with Crippen molar-refractivity contribution in [3.05, 3.63) is 17.7 Å². The van der Waals surface area contributed by atoms with Crippen LogP contribution in [0.4, 0.5) is 0 Å². The third-order valence-corrected chi connectivity index (χ3v) is 4.76. The molecule has 1 aromatic heterocycles. The molecule has 2 aliphatic heterocycles. The zero-order valence-corrected chi connectivity index (χ0v) is 12.0. The van der Waals surface area contributed by atoms with Crippen molar-refractivity contribution in [3.63, 3.8) is 0 Å². The summed E-state index contributed by atoms with van der Waals surface area (Å²) in [6.45, 7) is 7.07. The number of aryl methyl sites for hydroxylation is 1. The quantitative estimate of drug-likeness (QED) is 0.905. The van der Waals surface area contributed by atoms with E-state index in [2.05, 4.69) is 22.6 Å². The van der Waals surface area contributed by atoms with Crippen LogP contribution in [0.25, 0.3) is 0 Å². The second kappa shape index (κ2) is 5.63. The van der Waals surface area contributed by atoms with Gasteiger partial charge < -0.3 is 15.2 Å². The van der Waals surface area contributed by atoms with E-state index in [1.165, 1.54) is 44.6 Å². The van der Waals surface area contributed by atoms with E-state index in [1.54, 1.807) is 0 Å². The number of likely N-dealkylation sites (tertiary alicyclic amines) is 1. The average Bonchev–Trinajstić information content (AvgIpc) is 2.84. The van der Waals surface area contributed by atoms with Crippen molar-refractivity contribution in [2.45, 2.75) is 51.6 Å². The molecule has 1 fully saturated rings. The molecule has 0 aromatic carbocycles. The molecule has 3 rings (SSSR count). The van der Waals surface area contributed by atoms with E-state index in [4.69, 9.17) is 10.7 Å². The maximum atomic E-state index is 6.14. The van der Waals surface area contributed by atoms with Crippen molar-refractivity contribution >= 4 is 0 Å². The number of aromatic nitrogens is 2. The number of piperidine rings is 1. The van der Waals surface area contributed by atoms with E-state index in [-0.39, 0.29) is 6.04 Å². The van der Waals surface area contributed by atoms with E-state index in [1.807, 2.05) is 0 Å². The third kappa shape index (κ3) is 2.84. The summed E-state index contributed by atoms with van der Waals surface area (Å²) in [4.78, 5) is 7.34. The van der Waals surface area contributed by atoms with Gasteiger partial charge in [-0.3, -0.25) is 0 Å². The lowest BCUT2D eigenvalue weighted by Crippen LogP contribution is -2.34. The second-order valence-corrected chi connectivity index (χ2v) is 6.11. The molecule has 0 aliphatic carbocycles. The molecule has 1 aromatic rings. The SMILES string of the molecule is CCN1CCC(Cc2cn3c(n2)C(N)CCC3)CC1. The Bertz CT molecular complexity index is 418. The molecule has 0 saturated carbocycles. The summed E-state index contributed by atoms with van der Waals surface area (Å²) < 4.78 is 2.28. The average molecular weight is 262 g/mol. The fourth-order valence-corrected chi connectivity index (χ4v) is 3.47. The highest BCUT2D eigenvalue weighted by Crippen LogP contribution is 2.25. The lowest BCUT2D eigenvalue weighted by molar-refractivity contribution is 0.191. The van der Waals surface area contributed by atoms with Gasteiger partial charge in [0.05, 0.1) is 11.7 Å².